The van der Waals surface area contributed by atoms with Crippen LogP contribution in [0.3, 0.4) is 0 Å². The van der Waals surface area contributed by atoms with Crippen LogP contribution in [0.25, 0.3) is 0 Å². The van der Waals surface area contributed by atoms with Gasteiger partial charge < -0.3 is 15.2 Å². The molecule has 0 aliphatic heterocycles. The summed E-state index contributed by atoms with van der Waals surface area (Å²) >= 11 is 0. The molecule has 0 saturated carbocycles. The van der Waals surface area contributed by atoms with Crippen molar-refractivity contribution < 1.29 is 27.3 Å². The number of nitro benzene ring substituents is 1. The molecule has 10 nitrogen and oxygen atoms in total. The van der Waals surface area contributed by atoms with Gasteiger partial charge in [0.2, 0.25) is 0 Å². The fourth-order valence-corrected chi connectivity index (χ4v) is 4.10. The Morgan fingerprint density at radius 3 is 2.24 bits per heavy atom. The fourth-order valence-electron chi connectivity index (χ4n) is 3.63. The summed E-state index contributed by atoms with van der Waals surface area (Å²) in [5.41, 5.74) is 4.00. The Balaban J connectivity index is 1.47. The Morgan fingerprint density at radius 2 is 1.59 bits per heavy atom. The van der Waals surface area contributed by atoms with Crippen LogP contribution < -0.4 is 15.2 Å². The van der Waals surface area contributed by atoms with Gasteiger partial charge in [-0.3, -0.25) is 14.9 Å². The summed E-state index contributed by atoms with van der Waals surface area (Å²) in [5, 5.41) is 16.8. The zero-order chi connectivity index (χ0) is 26.6. The van der Waals surface area contributed by atoms with Crippen LogP contribution in [0.4, 0.5) is 22.7 Å². The van der Waals surface area contributed by atoms with Crippen LogP contribution in [0.15, 0.2) is 96.0 Å². The van der Waals surface area contributed by atoms with E-state index in [9.17, 15) is 27.9 Å². The highest BCUT2D eigenvalue weighted by Gasteiger charge is 2.12. The number of aromatic nitrogens is 1. The van der Waals surface area contributed by atoms with E-state index in [1.54, 1.807) is 30.3 Å². The van der Waals surface area contributed by atoms with Gasteiger partial charge in [-0.15, -0.1) is 0 Å². The van der Waals surface area contributed by atoms with Crippen LogP contribution in [0.2, 0.25) is 0 Å². The topological polar surface area (TPSA) is 145 Å². The maximum atomic E-state index is 12.7. The lowest BCUT2D eigenvalue weighted by atomic mass is 10.1. The minimum absolute atomic E-state index is 0.0627. The molecule has 1 aromatic heterocycles. The third kappa shape index (κ3) is 6.54. The number of rotatable bonds is 8. The summed E-state index contributed by atoms with van der Waals surface area (Å²) in [6.07, 6.45) is 2.38. The second-order valence-corrected chi connectivity index (χ2v) is 9.64. The van der Waals surface area contributed by atoms with E-state index >= 15 is 0 Å². The van der Waals surface area contributed by atoms with Crippen molar-refractivity contribution in [1.82, 2.24) is 0 Å². The smallest absolute Gasteiger partial charge is 0.269 e. The van der Waals surface area contributed by atoms with E-state index in [4.69, 9.17) is 0 Å². The van der Waals surface area contributed by atoms with Gasteiger partial charge in [0.25, 0.3) is 11.6 Å². The van der Waals surface area contributed by atoms with E-state index in [0.717, 1.165) is 16.9 Å². The summed E-state index contributed by atoms with van der Waals surface area (Å²) in [6.45, 7) is 0. The molecule has 0 radical (unpaired) electrons. The normalized spacial score (nSPS) is 11.1. The first-order valence-corrected chi connectivity index (χ1v) is 12.5. The molecule has 37 heavy (non-hydrogen) atoms. The highest BCUT2D eigenvalue weighted by atomic mass is 32.2. The zero-order valence-corrected chi connectivity index (χ0v) is 20.4. The first-order chi connectivity index (χ1) is 17.6. The number of benzene rings is 3. The Hall–Kier alpha value is -4.61. The van der Waals surface area contributed by atoms with Gasteiger partial charge in [0.15, 0.2) is 11.9 Å². The van der Waals surface area contributed by atoms with Crippen LogP contribution in [-0.4, -0.2) is 23.8 Å². The minimum Gasteiger partial charge on any atom is -0.744 e. The van der Waals surface area contributed by atoms with E-state index < -0.39 is 15.0 Å². The maximum absolute atomic E-state index is 12.7. The lowest BCUT2D eigenvalue weighted by molar-refractivity contribution is -0.678. The molecule has 0 bridgehead atoms. The Morgan fingerprint density at radius 1 is 0.919 bits per heavy atom. The summed E-state index contributed by atoms with van der Waals surface area (Å²) < 4.78 is 35.4. The lowest BCUT2D eigenvalue weighted by Gasteiger charge is -2.10. The lowest BCUT2D eigenvalue weighted by Crippen LogP contribution is -2.33. The molecule has 188 valence electrons. The molecule has 2 N–H and O–H groups in total. The quantitative estimate of drug-likeness (QED) is 0.156. The van der Waals surface area contributed by atoms with Gasteiger partial charge >= 0.3 is 0 Å². The molecule has 3 aromatic carbocycles. The number of hydrogen-bond donors (Lipinski definition) is 2. The second-order valence-electron chi connectivity index (χ2n) is 8.26. The molecule has 1 amide bonds. The van der Waals surface area contributed by atoms with Gasteiger partial charge in [-0.1, -0.05) is 18.2 Å². The van der Waals surface area contributed by atoms with Crippen LogP contribution in [-0.2, 0) is 23.6 Å². The molecule has 0 aliphatic carbocycles. The molecule has 0 saturated heterocycles. The SMILES string of the molecule is C[n+]1ccc(Nc2cccc(C(=O)Nc3ccc([N+](=O)[O-])cc3)c2)cc1Cc1ccc(S(=O)(=O)[O-])cc1. The number of non-ortho nitro benzene ring substituents is 1. The van der Waals surface area contributed by atoms with Gasteiger partial charge in [-0.05, 0) is 48.0 Å². The molecule has 11 heteroatoms. The average Bonchev–Trinajstić information content (AvgIpc) is 2.86. The van der Waals surface area contributed by atoms with Gasteiger partial charge in [0.1, 0.15) is 17.2 Å². The van der Waals surface area contributed by atoms with Crippen molar-refractivity contribution in [2.75, 3.05) is 10.6 Å². The Bertz CT molecular complexity index is 1570. The monoisotopic (exact) mass is 518 g/mol. The number of carbonyl (C=O) groups excluding carboxylic acids is 1. The number of nitrogens with zero attached hydrogens (tertiary/aromatic N) is 2. The van der Waals surface area contributed by atoms with Gasteiger partial charge in [0.05, 0.1) is 21.9 Å². The maximum Gasteiger partial charge on any atom is 0.269 e. The first kappa shape index (κ1) is 25.5. The molecule has 4 rings (SSSR count). The Labute approximate surface area is 213 Å². The second kappa shape index (κ2) is 10.6. The summed E-state index contributed by atoms with van der Waals surface area (Å²) in [6, 6.07) is 22.1. The molecule has 0 spiro atoms. The standard InChI is InChI=1S/C26H22N4O6S/c1-29-14-13-22(17-24(29)15-18-5-11-25(12-6-18)37(34,35)36)27-21-4-2-3-19(16-21)26(31)28-20-7-9-23(10-8-20)30(32)33/h2-14,16-17H,15H2,1H3,(H2,28,31,34,35,36). The number of pyridine rings is 1. The number of anilines is 3. The third-order valence-electron chi connectivity index (χ3n) is 5.60. The van der Waals surface area contributed by atoms with Crippen molar-refractivity contribution in [1.29, 1.82) is 0 Å². The van der Waals surface area contributed by atoms with Crippen molar-refractivity contribution in [2.45, 2.75) is 11.3 Å². The molecular formula is C26H22N4O6S. The van der Waals surface area contributed by atoms with E-state index in [0.29, 0.717) is 23.4 Å². The highest BCUT2D eigenvalue weighted by Crippen LogP contribution is 2.21. The van der Waals surface area contributed by atoms with Crippen LogP contribution >= 0.6 is 0 Å². The van der Waals surface area contributed by atoms with Crippen molar-refractivity contribution in [3.63, 3.8) is 0 Å². The molecule has 0 aliphatic rings. The van der Waals surface area contributed by atoms with Crippen molar-refractivity contribution >= 4 is 38.8 Å². The van der Waals surface area contributed by atoms with Crippen LogP contribution in [0.1, 0.15) is 21.6 Å². The molecular weight excluding hydrogens is 496 g/mol. The summed E-state index contributed by atoms with van der Waals surface area (Å²) in [7, 11) is -2.60. The molecule has 1 heterocycles. The van der Waals surface area contributed by atoms with Gasteiger partial charge in [-0.25, -0.2) is 13.0 Å². The van der Waals surface area contributed by atoms with E-state index in [1.165, 1.54) is 36.4 Å². The van der Waals surface area contributed by atoms with Gasteiger partial charge in [-0.2, -0.15) is 0 Å². The number of carbonyl (C=O) groups is 1. The van der Waals surface area contributed by atoms with E-state index in [2.05, 4.69) is 10.6 Å². The predicted octanol–water partition coefficient (Wildman–Crippen LogP) is 3.91. The highest BCUT2D eigenvalue weighted by molar-refractivity contribution is 7.85. The molecule has 0 unspecified atom stereocenters. The van der Waals surface area contributed by atoms with E-state index in [1.807, 2.05) is 36.0 Å². The van der Waals surface area contributed by atoms with Crippen molar-refractivity contribution in [3.05, 3.63) is 118 Å². The zero-order valence-electron chi connectivity index (χ0n) is 19.6. The average molecular weight is 519 g/mol. The van der Waals surface area contributed by atoms with Crippen LogP contribution in [0, 0.1) is 10.1 Å². The number of hydrogen-bond acceptors (Lipinski definition) is 7. The third-order valence-corrected chi connectivity index (χ3v) is 6.45. The van der Waals surface area contributed by atoms with Crippen molar-refractivity contribution in [3.8, 4) is 0 Å². The van der Waals surface area contributed by atoms with Gasteiger partial charge in [0, 0.05) is 41.2 Å². The molecule has 0 fully saturated rings. The number of amides is 1. The Kier molecular flexibility index (Phi) is 7.27. The van der Waals surface area contributed by atoms with Crippen LogP contribution in [0.5, 0.6) is 0 Å². The van der Waals surface area contributed by atoms with Crippen molar-refractivity contribution in [2.24, 2.45) is 7.05 Å². The molecule has 4 aromatic rings. The fraction of sp³-hybridized carbons (Fsp3) is 0.0769. The minimum atomic E-state index is -4.49. The summed E-state index contributed by atoms with van der Waals surface area (Å²) in [4.78, 5) is 22.7. The number of nitro groups is 1. The van der Waals surface area contributed by atoms with E-state index in [-0.39, 0.29) is 16.5 Å². The largest absolute Gasteiger partial charge is 0.744 e. The predicted molar refractivity (Wildman–Crippen MR) is 136 cm³/mol. The summed E-state index contributed by atoms with van der Waals surface area (Å²) in [5.74, 6) is -0.360. The first-order valence-electron chi connectivity index (χ1n) is 11.0. The molecule has 0 atom stereocenters. The number of aryl methyl sites for hydroxylation is 1. The number of nitrogens with one attached hydrogen (secondary N) is 2.